The Bertz CT molecular complexity index is 327. The average molecular weight is 295 g/mol. The van der Waals surface area contributed by atoms with Crippen LogP contribution in [0.1, 0.15) is 65.2 Å². The molecule has 4 nitrogen and oxygen atoms in total. The maximum atomic E-state index is 12.5. The number of hydrogen-bond acceptors (Lipinski definition) is 3. The van der Waals surface area contributed by atoms with Crippen molar-refractivity contribution >= 4 is 5.91 Å². The van der Waals surface area contributed by atoms with E-state index in [0.717, 1.165) is 51.9 Å². The van der Waals surface area contributed by atoms with Crippen molar-refractivity contribution in [2.24, 2.45) is 5.73 Å². The lowest BCUT2D eigenvalue weighted by Crippen LogP contribution is -2.50. The first kappa shape index (κ1) is 16.8. The van der Waals surface area contributed by atoms with Gasteiger partial charge in [0.2, 0.25) is 5.91 Å². The van der Waals surface area contributed by atoms with Crippen LogP contribution in [0.25, 0.3) is 0 Å². The number of likely N-dealkylation sites (tertiary alicyclic amines) is 1. The molecule has 1 saturated heterocycles. The lowest BCUT2D eigenvalue weighted by Gasteiger charge is -2.40. The summed E-state index contributed by atoms with van der Waals surface area (Å²) in [5, 5.41) is 0. The molecule has 0 aromatic carbocycles. The van der Waals surface area contributed by atoms with E-state index in [1.54, 1.807) is 0 Å². The van der Waals surface area contributed by atoms with E-state index in [1.165, 1.54) is 19.3 Å². The lowest BCUT2D eigenvalue weighted by molar-refractivity contribution is -0.134. The molecule has 0 spiro atoms. The van der Waals surface area contributed by atoms with Crippen LogP contribution in [-0.2, 0) is 4.79 Å². The van der Waals surface area contributed by atoms with Gasteiger partial charge in [0.25, 0.3) is 0 Å². The summed E-state index contributed by atoms with van der Waals surface area (Å²) in [7, 11) is 0. The Morgan fingerprint density at radius 1 is 1.14 bits per heavy atom. The van der Waals surface area contributed by atoms with E-state index in [-0.39, 0.29) is 11.4 Å². The first-order valence-corrected chi connectivity index (χ1v) is 8.88. The number of nitrogens with two attached hydrogens (primary N) is 1. The number of nitrogens with zero attached hydrogens (tertiary/aromatic N) is 2. The maximum absolute atomic E-state index is 12.5. The van der Waals surface area contributed by atoms with Crippen molar-refractivity contribution in [2.75, 3.05) is 26.2 Å². The van der Waals surface area contributed by atoms with Crippen LogP contribution in [0.3, 0.4) is 0 Å². The van der Waals surface area contributed by atoms with Crippen molar-refractivity contribution in [3.63, 3.8) is 0 Å². The van der Waals surface area contributed by atoms with E-state index in [1.807, 2.05) is 0 Å². The van der Waals surface area contributed by atoms with Crippen molar-refractivity contribution in [2.45, 2.75) is 76.8 Å². The smallest absolute Gasteiger partial charge is 0.224 e. The molecule has 0 aromatic heterocycles. The highest BCUT2D eigenvalue weighted by molar-refractivity contribution is 5.77. The summed E-state index contributed by atoms with van der Waals surface area (Å²) in [6, 6.07) is 0.658. The minimum absolute atomic E-state index is 0.217. The van der Waals surface area contributed by atoms with Gasteiger partial charge in [-0.2, -0.15) is 0 Å². The number of piperidine rings is 1. The zero-order valence-corrected chi connectivity index (χ0v) is 13.9. The summed E-state index contributed by atoms with van der Waals surface area (Å²) in [6.07, 6.45) is 8.49. The topological polar surface area (TPSA) is 49.6 Å². The van der Waals surface area contributed by atoms with Crippen molar-refractivity contribution in [1.29, 1.82) is 0 Å². The third-order valence-corrected chi connectivity index (χ3v) is 5.50. The molecule has 2 rings (SSSR count). The second kappa shape index (κ2) is 7.59. The molecule has 2 N–H and O–H groups in total. The molecule has 0 aromatic rings. The van der Waals surface area contributed by atoms with Gasteiger partial charge in [0.15, 0.2) is 0 Å². The van der Waals surface area contributed by atoms with E-state index in [2.05, 4.69) is 23.6 Å². The lowest BCUT2D eigenvalue weighted by atomic mass is 9.80. The molecular weight excluding hydrogens is 262 g/mol. The van der Waals surface area contributed by atoms with Gasteiger partial charge >= 0.3 is 0 Å². The molecule has 1 aliphatic heterocycles. The Kier molecular flexibility index (Phi) is 6.06. The molecule has 21 heavy (non-hydrogen) atoms. The summed E-state index contributed by atoms with van der Waals surface area (Å²) >= 11 is 0. The van der Waals surface area contributed by atoms with E-state index >= 15 is 0 Å². The summed E-state index contributed by atoms with van der Waals surface area (Å²) in [5.41, 5.74) is 6.21. The van der Waals surface area contributed by atoms with Gasteiger partial charge < -0.3 is 15.5 Å². The van der Waals surface area contributed by atoms with Gasteiger partial charge in [0.05, 0.1) is 0 Å². The molecule has 1 amide bonds. The van der Waals surface area contributed by atoms with Gasteiger partial charge in [-0.25, -0.2) is 0 Å². The Labute approximate surface area is 130 Å². The van der Waals surface area contributed by atoms with Gasteiger partial charge in [0, 0.05) is 31.1 Å². The number of amides is 1. The van der Waals surface area contributed by atoms with Gasteiger partial charge in [-0.1, -0.05) is 33.1 Å². The zero-order valence-electron chi connectivity index (χ0n) is 13.9. The van der Waals surface area contributed by atoms with Crippen molar-refractivity contribution in [3.8, 4) is 0 Å². The second-order valence-corrected chi connectivity index (χ2v) is 6.93. The van der Waals surface area contributed by atoms with Gasteiger partial charge in [-0.05, 0) is 38.8 Å². The van der Waals surface area contributed by atoms with Crippen molar-refractivity contribution in [1.82, 2.24) is 9.80 Å². The quantitative estimate of drug-likeness (QED) is 0.847. The summed E-state index contributed by atoms with van der Waals surface area (Å²) in [4.78, 5) is 17.1. The first-order chi connectivity index (χ1) is 10.1. The number of carbonyl (C=O) groups is 1. The number of carbonyl (C=O) groups excluding carboxylic acids is 1. The highest BCUT2D eigenvalue weighted by Gasteiger charge is 2.33. The largest absolute Gasteiger partial charge is 0.343 e. The van der Waals surface area contributed by atoms with Gasteiger partial charge in [-0.15, -0.1) is 0 Å². The van der Waals surface area contributed by atoms with Crippen LogP contribution in [-0.4, -0.2) is 53.5 Å². The molecule has 122 valence electrons. The SMILES string of the molecule is CCN(CC)C1CCN(C(=O)CC2(N)CCCCC2)CC1. The predicted molar refractivity (Wildman–Crippen MR) is 87.1 cm³/mol. The van der Waals surface area contributed by atoms with Crippen LogP contribution in [0.15, 0.2) is 0 Å². The Morgan fingerprint density at radius 3 is 2.24 bits per heavy atom. The minimum atomic E-state index is -0.217. The second-order valence-electron chi connectivity index (χ2n) is 6.93. The van der Waals surface area contributed by atoms with Crippen LogP contribution >= 0.6 is 0 Å². The normalized spacial score (nSPS) is 23.5. The van der Waals surface area contributed by atoms with Crippen LogP contribution < -0.4 is 5.73 Å². The van der Waals surface area contributed by atoms with Gasteiger partial charge in [0.1, 0.15) is 0 Å². The molecule has 0 radical (unpaired) electrons. The zero-order chi connectivity index (χ0) is 15.3. The van der Waals surface area contributed by atoms with E-state index in [9.17, 15) is 4.79 Å². The monoisotopic (exact) mass is 295 g/mol. The molecule has 0 bridgehead atoms. The molecule has 1 aliphatic carbocycles. The van der Waals surface area contributed by atoms with Crippen molar-refractivity contribution < 1.29 is 4.79 Å². The van der Waals surface area contributed by atoms with Crippen LogP contribution in [0.2, 0.25) is 0 Å². The van der Waals surface area contributed by atoms with Crippen molar-refractivity contribution in [3.05, 3.63) is 0 Å². The van der Waals surface area contributed by atoms with Crippen LogP contribution in [0.5, 0.6) is 0 Å². The fraction of sp³-hybridized carbons (Fsp3) is 0.941. The fourth-order valence-electron chi connectivity index (χ4n) is 4.07. The standard InChI is InChI=1S/C17H33N3O/c1-3-19(4-2)15-8-12-20(13-9-15)16(21)14-17(18)10-6-5-7-11-17/h15H,3-14,18H2,1-2H3. The highest BCUT2D eigenvalue weighted by Crippen LogP contribution is 2.29. The average Bonchev–Trinajstić information content (AvgIpc) is 2.49. The fourth-order valence-corrected chi connectivity index (χ4v) is 4.07. The predicted octanol–water partition coefficient (Wildman–Crippen LogP) is 2.37. The van der Waals surface area contributed by atoms with E-state index in [4.69, 9.17) is 5.73 Å². The third kappa shape index (κ3) is 4.43. The molecule has 1 saturated carbocycles. The molecule has 4 heteroatoms. The first-order valence-electron chi connectivity index (χ1n) is 8.88. The molecule has 0 unspecified atom stereocenters. The third-order valence-electron chi connectivity index (χ3n) is 5.50. The number of hydrogen-bond donors (Lipinski definition) is 1. The van der Waals surface area contributed by atoms with Gasteiger partial charge in [-0.3, -0.25) is 4.79 Å². The Morgan fingerprint density at radius 2 is 1.71 bits per heavy atom. The molecule has 2 aliphatic rings. The molecule has 0 atom stereocenters. The van der Waals surface area contributed by atoms with Crippen LogP contribution in [0.4, 0.5) is 0 Å². The highest BCUT2D eigenvalue weighted by atomic mass is 16.2. The summed E-state index contributed by atoms with van der Waals surface area (Å²) < 4.78 is 0. The minimum Gasteiger partial charge on any atom is -0.343 e. The molecule has 1 heterocycles. The Balaban J connectivity index is 1.80. The maximum Gasteiger partial charge on any atom is 0.224 e. The molecular formula is C17H33N3O. The summed E-state index contributed by atoms with van der Waals surface area (Å²) in [5.74, 6) is 0.289. The van der Waals surface area contributed by atoms with E-state index < -0.39 is 0 Å². The summed E-state index contributed by atoms with van der Waals surface area (Å²) in [6.45, 7) is 8.50. The van der Waals surface area contributed by atoms with E-state index in [0.29, 0.717) is 12.5 Å². The van der Waals surface area contributed by atoms with Crippen LogP contribution in [0, 0.1) is 0 Å². The Hall–Kier alpha value is -0.610. The number of rotatable bonds is 5. The molecule has 2 fully saturated rings.